The Morgan fingerprint density at radius 3 is 2.67 bits per heavy atom. The molecular weight excluding hydrogens is 451 g/mol. The van der Waals surface area contributed by atoms with Crippen molar-refractivity contribution in [2.45, 2.75) is 38.8 Å². The standard InChI is InChI=1S/C21H28N4O.HI/c1-16(2)26-20-10-9-17(13-23-20)14-24-21(22-3)25-12-11-19(15-25)18-7-5-4-6-8-18;/h4-10,13,16,19H,11-12,14-15H2,1-3H3,(H,22,24);1H. The molecule has 0 bridgehead atoms. The minimum Gasteiger partial charge on any atom is -0.475 e. The van der Waals surface area contributed by atoms with Crippen LogP contribution in [0.25, 0.3) is 0 Å². The fourth-order valence-corrected chi connectivity index (χ4v) is 3.29. The summed E-state index contributed by atoms with van der Waals surface area (Å²) in [5, 5.41) is 3.46. The molecule has 5 nitrogen and oxygen atoms in total. The number of aliphatic imine (C=N–C) groups is 1. The van der Waals surface area contributed by atoms with E-state index in [1.54, 1.807) is 0 Å². The van der Waals surface area contributed by atoms with E-state index in [1.165, 1.54) is 5.56 Å². The quantitative estimate of drug-likeness (QED) is 0.399. The van der Waals surface area contributed by atoms with E-state index in [1.807, 2.05) is 39.2 Å². The van der Waals surface area contributed by atoms with Gasteiger partial charge < -0.3 is 15.0 Å². The summed E-state index contributed by atoms with van der Waals surface area (Å²) >= 11 is 0. The third-order valence-electron chi connectivity index (χ3n) is 4.58. The normalized spacial score (nSPS) is 17.0. The number of pyridine rings is 1. The summed E-state index contributed by atoms with van der Waals surface area (Å²) in [6.07, 6.45) is 3.15. The number of rotatable bonds is 5. The van der Waals surface area contributed by atoms with Gasteiger partial charge in [0.25, 0.3) is 0 Å². The second kappa shape index (κ2) is 10.5. The molecule has 0 aliphatic carbocycles. The van der Waals surface area contributed by atoms with Crippen molar-refractivity contribution in [1.82, 2.24) is 15.2 Å². The Labute approximate surface area is 179 Å². The second-order valence-corrected chi connectivity index (χ2v) is 6.91. The van der Waals surface area contributed by atoms with Crippen molar-refractivity contribution in [3.8, 4) is 5.88 Å². The molecule has 3 rings (SSSR count). The molecule has 1 N–H and O–H groups in total. The van der Waals surface area contributed by atoms with E-state index < -0.39 is 0 Å². The first-order chi connectivity index (χ1) is 12.7. The fourth-order valence-electron chi connectivity index (χ4n) is 3.29. The lowest BCUT2D eigenvalue weighted by Gasteiger charge is -2.22. The number of nitrogens with zero attached hydrogens (tertiary/aromatic N) is 3. The van der Waals surface area contributed by atoms with E-state index in [0.717, 1.165) is 31.0 Å². The predicted octanol–water partition coefficient (Wildman–Crippen LogP) is 4.05. The maximum absolute atomic E-state index is 5.59. The molecule has 1 aromatic heterocycles. The summed E-state index contributed by atoms with van der Waals surface area (Å²) < 4.78 is 5.59. The first-order valence-electron chi connectivity index (χ1n) is 9.28. The highest BCUT2D eigenvalue weighted by Gasteiger charge is 2.25. The number of hydrogen-bond acceptors (Lipinski definition) is 3. The Morgan fingerprint density at radius 1 is 1.26 bits per heavy atom. The van der Waals surface area contributed by atoms with Crippen LogP contribution in [0.1, 0.15) is 37.3 Å². The van der Waals surface area contributed by atoms with Crippen molar-refractivity contribution in [1.29, 1.82) is 0 Å². The summed E-state index contributed by atoms with van der Waals surface area (Å²) in [5.41, 5.74) is 2.52. The van der Waals surface area contributed by atoms with Crippen molar-refractivity contribution < 1.29 is 4.74 Å². The predicted molar refractivity (Wildman–Crippen MR) is 121 cm³/mol. The summed E-state index contributed by atoms with van der Waals surface area (Å²) in [6, 6.07) is 14.7. The van der Waals surface area contributed by atoms with Crippen molar-refractivity contribution in [2.75, 3.05) is 20.1 Å². The molecule has 2 aromatic rings. The molecule has 1 fully saturated rings. The van der Waals surface area contributed by atoms with Crippen LogP contribution in [0.3, 0.4) is 0 Å². The van der Waals surface area contributed by atoms with Gasteiger partial charge in [0.05, 0.1) is 6.10 Å². The molecule has 27 heavy (non-hydrogen) atoms. The van der Waals surface area contributed by atoms with Crippen molar-refractivity contribution >= 4 is 29.9 Å². The number of guanidine groups is 1. The molecule has 0 radical (unpaired) electrons. The van der Waals surface area contributed by atoms with Crippen LogP contribution in [-0.2, 0) is 6.54 Å². The van der Waals surface area contributed by atoms with E-state index in [4.69, 9.17) is 4.74 Å². The number of nitrogens with one attached hydrogen (secondary N) is 1. The number of likely N-dealkylation sites (tertiary alicyclic amines) is 1. The van der Waals surface area contributed by atoms with E-state index in [0.29, 0.717) is 18.3 Å². The Morgan fingerprint density at radius 2 is 2.04 bits per heavy atom. The topological polar surface area (TPSA) is 49.8 Å². The summed E-state index contributed by atoms with van der Waals surface area (Å²) in [6.45, 7) is 6.73. The first kappa shape index (κ1) is 21.5. The van der Waals surface area contributed by atoms with Gasteiger partial charge >= 0.3 is 0 Å². The lowest BCUT2D eigenvalue weighted by atomic mass is 9.99. The molecule has 1 aromatic carbocycles. The summed E-state index contributed by atoms with van der Waals surface area (Å²) in [5.74, 6) is 2.19. The van der Waals surface area contributed by atoms with Gasteiger partial charge in [-0.05, 0) is 31.4 Å². The zero-order valence-electron chi connectivity index (χ0n) is 16.3. The third kappa shape index (κ3) is 6.09. The van der Waals surface area contributed by atoms with Gasteiger partial charge in [-0.3, -0.25) is 4.99 Å². The monoisotopic (exact) mass is 480 g/mol. The number of halogens is 1. The number of benzene rings is 1. The van der Waals surface area contributed by atoms with Gasteiger partial charge in [0.15, 0.2) is 5.96 Å². The van der Waals surface area contributed by atoms with Crippen LogP contribution >= 0.6 is 24.0 Å². The molecule has 0 amide bonds. The second-order valence-electron chi connectivity index (χ2n) is 6.91. The van der Waals surface area contributed by atoms with Gasteiger partial charge in [-0.25, -0.2) is 4.98 Å². The van der Waals surface area contributed by atoms with E-state index in [9.17, 15) is 0 Å². The smallest absolute Gasteiger partial charge is 0.213 e. The van der Waals surface area contributed by atoms with Crippen LogP contribution in [0.2, 0.25) is 0 Å². The van der Waals surface area contributed by atoms with E-state index in [2.05, 4.69) is 50.5 Å². The van der Waals surface area contributed by atoms with Crippen molar-refractivity contribution in [3.63, 3.8) is 0 Å². The molecule has 1 saturated heterocycles. The summed E-state index contributed by atoms with van der Waals surface area (Å²) in [7, 11) is 1.84. The molecule has 2 heterocycles. The van der Waals surface area contributed by atoms with Crippen LogP contribution in [-0.4, -0.2) is 42.1 Å². The van der Waals surface area contributed by atoms with E-state index >= 15 is 0 Å². The lowest BCUT2D eigenvalue weighted by molar-refractivity contribution is 0.232. The van der Waals surface area contributed by atoms with Crippen molar-refractivity contribution in [3.05, 3.63) is 59.8 Å². The van der Waals surface area contributed by atoms with Crippen LogP contribution in [0.15, 0.2) is 53.7 Å². The number of ether oxygens (including phenoxy) is 1. The highest BCUT2D eigenvalue weighted by atomic mass is 127. The molecule has 1 aliphatic heterocycles. The maximum atomic E-state index is 5.59. The molecular formula is C21H29IN4O. The largest absolute Gasteiger partial charge is 0.475 e. The number of aromatic nitrogens is 1. The van der Waals surface area contributed by atoms with Crippen molar-refractivity contribution in [2.24, 2.45) is 4.99 Å². The average Bonchev–Trinajstić information content (AvgIpc) is 3.14. The Kier molecular flexibility index (Phi) is 8.34. The minimum atomic E-state index is 0. The van der Waals surface area contributed by atoms with Gasteiger partial charge in [0.2, 0.25) is 5.88 Å². The lowest BCUT2D eigenvalue weighted by Crippen LogP contribution is -2.39. The molecule has 1 aliphatic rings. The van der Waals surface area contributed by atoms with Crippen LogP contribution in [0, 0.1) is 0 Å². The summed E-state index contributed by atoms with van der Waals surface area (Å²) in [4.78, 5) is 11.1. The molecule has 146 valence electrons. The SMILES string of the molecule is CN=C(NCc1ccc(OC(C)C)nc1)N1CCC(c2ccccc2)C1.I. The van der Waals surface area contributed by atoms with Crippen LogP contribution in [0.5, 0.6) is 5.88 Å². The van der Waals surface area contributed by atoms with Gasteiger partial charge in [-0.2, -0.15) is 0 Å². The molecule has 0 saturated carbocycles. The van der Waals surface area contributed by atoms with Crippen LogP contribution in [0.4, 0.5) is 0 Å². The molecule has 1 atom stereocenters. The van der Waals surface area contributed by atoms with E-state index in [-0.39, 0.29) is 30.1 Å². The van der Waals surface area contributed by atoms with Gasteiger partial charge in [-0.15, -0.1) is 24.0 Å². The molecule has 6 heteroatoms. The van der Waals surface area contributed by atoms with Gasteiger partial charge in [0, 0.05) is 44.9 Å². The Hall–Kier alpha value is -1.83. The highest BCUT2D eigenvalue weighted by Crippen LogP contribution is 2.26. The molecule has 0 spiro atoms. The van der Waals surface area contributed by atoms with Crippen LogP contribution < -0.4 is 10.1 Å². The number of hydrogen-bond donors (Lipinski definition) is 1. The molecule has 1 unspecified atom stereocenters. The Bertz CT molecular complexity index is 719. The minimum absolute atomic E-state index is 0. The maximum Gasteiger partial charge on any atom is 0.213 e. The first-order valence-corrected chi connectivity index (χ1v) is 9.28. The highest BCUT2D eigenvalue weighted by molar-refractivity contribution is 14.0. The zero-order chi connectivity index (χ0) is 18.4. The fraction of sp³-hybridized carbons (Fsp3) is 0.429. The van der Waals surface area contributed by atoms with Gasteiger partial charge in [-0.1, -0.05) is 36.4 Å². The average molecular weight is 480 g/mol. The Balaban J connectivity index is 0.00000261. The third-order valence-corrected chi connectivity index (χ3v) is 4.58. The van der Waals surface area contributed by atoms with Gasteiger partial charge in [0.1, 0.15) is 0 Å². The zero-order valence-corrected chi connectivity index (χ0v) is 18.6.